The van der Waals surface area contributed by atoms with Crippen LogP contribution >= 0.6 is 11.6 Å². The van der Waals surface area contributed by atoms with Gasteiger partial charge < -0.3 is 4.90 Å². The largest absolute Gasteiger partial charge is 0.344 e. The average molecular weight is 328 g/mol. The van der Waals surface area contributed by atoms with Gasteiger partial charge in [0.05, 0.1) is 0 Å². The lowest BCUT2D eigenvalue weighted by Gasteiger charge is -2.51. The first-order valence-corrected chi connectivity index (χ1v) is 8.51. The molecule has 1 aliphatic rings. The molecular formula is C20H22ClNO. The van der Waals surface area contributed by atoms with Crippen molar-refractivity contribution in [2.75, 3.05) is 7.05 Å². The van der Waals surface area contributed by atoms with Gasteiger partial charge >= 0.3 is 0 Å². The maximum atomic E-state index is 11.5. The maximum absolute atomic E-state index is 11.5. The Morgan fingerprint density at radius 2 is 1.78 bits per heavy atom. The number of nitrogens with zero attached hydrogens (tertiary/aromatic N) is 1. The van der Waals surface area contributed by atoms with Crippen molar-refractivity contribution in [1.29, 1.82) is 0 Å². The fourth-order valence-corrected chi connectivity index (χ4v) is 3.92. The van der Waals surface area contributed by atoms with Gasteiger partial charge in [-0.25, -0.2) is 0 Å². The number of likely N-dealkylation sites (N-methyl/N-ethyl adjacent to an activating group) is 1. The highest BCUT2D eigenvalue weighted by atomic mass is 35.5. The highest BCUT2D eigenvalue weighted by Gasteiger charge is 2.46. The minimum Gasteiger partial charge on any atom is -0.344 e. The Kier molecular flexibility index (Phi) is 4.72. The van der Waals surface area contributed by atoms with E-state index in [1.165, 1.54) is 17.5 Å². The zero-order valence-electron chi connectivity index (χ0n) is 13.4. The molecule has 0 spiro atoms. The Bertz CT molecular complexity index is 649. The zero-order valence-corrected chi connectivity index (χ0v) is 14.2. The highest BCUT2D eigenvalue weighted by molar-refractivity contribution is 6.30. The number of amides is 1. The molecular weight excluding hydrogens is 306 g/mol. The first-order valence-electron chi connectivity index (χ1n) is 8.13. The molecule has 1 fully saturated rings. The molecule has 1 unspecified atom stereocenters. The van der Waals surface area contributed by atoms with Gasteiger partial charge in [0, 0.05) is 23.5 Å². The normalized spacial score (nSPS) is 17.1. The van der Waals surface area contributed by atoms with Crippen LogP contribution < -0.4 is 0 Å². The second-order valence-corrected chi connectivity index (χ2v) is 6.93. The molecule has 1 atom stereocenters. The summed E-state index contributed by atoms with van der Waals surface area (Å²) in [6, 6.07) is 18.7. The number of benzene rings is 2. The molecule has 1 saturated carbocycles. The van der Waals surface area contributed by atoms with Gasteiger partial charge in [-0.1, -0.05) is 60.5 Å². The molecule has 23 heavy (non-hydrogen) atoms. The number of hydrogen-bond acceptors (Lipinski definition) is 1. The van der Waals surface area contributed by atoms with Crippen LogP contribution in [0.25, 0.3) is 0 Å². The summed E-state index contributed by atoms with van der Waals surface area (Å²) in [4.78, 5) is 13.4. The average Bonchev–Trinajstić information content (AvgIpc) is 2.55. The molecule has 0 radical (unpaired) electrons. The third kappa shape index (κ3) is 3.13. The Morgan fingerprint density at radius 3 is 2.30 bits per heavy atom. The summed E-state index contributed by atoms with van der Waals surface area (Å²) < 4.78 is 0. The summed E-state index contributed by atoms with van der Waals surface area (Å²) in [6.07, 6.45) is 5.28. The van der Waals surface area contributed by atoms with Crippen LogP contribution in [0.4, 0.5) is 0 Å². The van der Waals surface area contributed by atoms with Crippen LogP contribution in [0.15, 0.2) is 54.6 Å². The summed E-state index contributed by atoms with van der Waals surface area (Å²) >= 11 is 6.06. The Balaban J connectivity index is 1.96. The maximum Gasteiger partial charge on any atom is 0.209 e. The van der Waals surface area contributed by atoms with Gasteiger partial charge in [-0.3, -0.25) is 4.79 Å². The molecule has 1 amide bonds. The van der Waals surface area contributed by atoms with E-state index >= 15 is 0 Å². The summed E-state index contributed by atoms with van der Waals surface area (Å²) in [6.45, 7) is 0. The number of hydrogen-bond donors (Lipinski definition) is 0. The van der Waals surface area contributed by atoms with Crippen molar-refractivity contribution in [1.82, 2.24) is 4.90 Å². The van der Waals surface area contributed by atoms with E-state index in [1.54, 1.807) is 0 Å². The van der Waals surface area contributed by atoms with E-state index < -0.39 is 0 Å². The lowest BCUT2D eigenvalue weighted by atomic mass is 9.58. The Morgan fingerprint density at radius 1 is 1.13 bits per heavy atom. The first-order chi connectivity index (χ1) is 11.2. The van der Waals surface area contributed by atoms with E-state index in [4.69, 9.17) is 11.6 Å². The van der Waals surface area contributed by atoms with Crippen molar-refractivity contribution >= 4 is 18.0 Å². The molecule has 0 heterocycles. The highest BCUT2D eigenvalue weighted by Crippen LogP contribution is 2.48. The summed E-state index contributed by atoms with van der Waals surface area (Å²) in [5.74, 6) is 0. The van der Waals surface area contributed by atoms with Crippen molar-refractivity contribution in [3.63, 3.8) is 0 Å². The Hall–Kier alpha value is -1.80. The van der Waals surface area contributed by atoms with Crippen LogP contribution in [0.2, 0.25) is 5.02 Å². The van der Waals surface area contributed by atoms with Gasteiger partial charge in [-0.2, -0.15) is 0 Å². The molecule has 0 aliphatic heterocycles. The number of halogens is 1. The summed E-state index contributed by atoms with van der Waals surface area (Å²) in [7, 11) is 1.90. The zero-order chi connectivity index (χ0) is 16.3. The van der Waals surface area contributed by atoms with Crippen LogP contribution in [0.5, 0.6) is 0 Å². The molecule has 0 N–H and O–H groups in total. The van der Waals surface area contributed by atoms with E-state index in [1.807, 2.05) is 30.1 Å². The van der Waals surface area contributed by atoms with E-state index in [0.29, 0.717) is 0 Å². The number of carbonyl (C=O) groups is 1. The SMILES string of the molecule is CN(C=O)C(Cc1ccccc1)C1(c2ccc(Cl)cc2)CCC1. The van der Waals surface area contributed by atoms with E-state index in [-0.39, 0.29) is 11.5 Å². The van der Waals surface area contributed by atoms with Gasteiger partial charge in [0.2, 0.25) is 6.41 Å². The lowest BCUT2D eigenvalue weighted by molar-refractivity contribution is -0.121. The van der Waals surface area contributed by atoms with Crippen molar-refractivity contribution < 1.29 is 4.79 Å². The minimum atomic E-state index is 0.0378. The standard InChI is InChI=1S/C20H22ClNO/c1-22(15-23)19(14-16-6-3-2-4-7-16)20(12-5-13-20)17-8-10-18(21)11-9-17/h2-4,6-11,15,19H,5,12-14H2,1H3. The van der Waals surface area contributed by atoms with Crippen LogP contribution in [0.1, 0.15) is 30.4 Å². The van der Waals surface area contributed by atoms with Crippen molar-refractivity contribution in [3.8, 4) is 0 Å². The third-order valence-corrected chi connectivity index (χ3v) is 5.48. The molecule has 0 bridgehead atoms. The van der Waals surface area contributed by atoms with E-state index in [0.717, 1.165) is 30.7 Å². The predicted octanol–water partition coefficient (Wildman–Crippen LogP) is 4.46. The summed E-state index contributed by atoms with van der Waals surface area (Å²) in [5, 5.41) is 0.756. The van der Waals surface area contributed by atoms with Gasteiger partial charge in [-0.05, 0) is 42.5 Å². The lowest BCUT2D eigenvalue weighted by Crippen LogP contribution is -2.54. The van der Waals surface area contributed by atoms with E-state index in [9.17, 15) is 4.79 Å². The predicted molar refractivity (Wildman–Crippen MR) is 94.7 cm³/mol. The molecule has 0 aromatic heterocycles. The van der Waals surface area contributed by atoms with Crippen molar-refractivity contribution in [2.24, 2.45) is 0 Å². The number of rotatable bonds is 6. The second-order valence-electron chi connectivity index (χ2n) is 6.49. The van der Waals surface area contributed by atoms with Crippen LogP contribution in [-0.2, 0) is 16.6 Å². The van der Waals surface area contributed by atoms with Crippen molar-refractivity contribution in [2.45, 2.75) is 37.1 Å². The quantitative estimate of drug-likeness (QED) is 0.717. The topological polar surface area (TPSA) is 20.3 Å². The van der Waals surface area contributed by atoms with Crippen LogP contribution in [0.3, 0.4) is 0 Å². The van der Waals surface area contributed by atoms with Gasteiger partial charge in [-0.15, -0.1) is 0 Å². The first kappa shape index (κ1) is 16.1. The molecule has 2 aromatic rings. The van der Waals surface area contributed by atoms with Gasteiger partial charge in [0.1, 0.15) is 0 Å². The van der Waals surface area contributed by atoms with Crippen LogP contribution in [-0.4, -0.2) is 24.4 Å². The van der Waals surface area contributed by atoms with E-state index in [2.05, 4.69) is 36.4 Å². The molecule has 2 nitrogen and oxygen atoms in total. The molecule has 3 heteroatoms. The molecule has 1 aliphatic carbocycles. The third-order valence-electron chi connectivity index (χ3n) is 5.23. The van der Waals surface area contributed by atoms with Gasteiger partial charge in [0.25, 0.3) is 0 Å². The van der Waals surface area contributed by atoms with Crippen LogP contribution in [0, 0.1) is 0 Å². The molecule has 0 saturated heterocycles. The molecule has 3 rings (SSSR count). The summed E-state index contributed by atoms with van der Waals surface area (Å²) in [5.41, 5.74) is 2.60. The van der Waals surface area contributed by atoms with Gasteiger partial charge in [0.15, 0.2) is 0 Å². The fourth-order valence-electron chi connectivity index (χ4n) is 3.79. The second kappa shape index (κ2) is 6.76. The van der Waals surface area contributed by atoms with Crippen molar-refractivity contribution in [3.05, 3.63) is 70.7 Å². The molecule has 2 aromatic carbocycles. The molecule has 120 valence electrons. The Labute approximate surface area is 143 Å². The minimum absolute atomic E-state index is 0.0378. The smallest absolute Gasteiger partial charge is 0.209 e. The monoisotopic (exact) mass is 327 g/mol. The fraction of sp³-hybridized carbons (Fsp3) is 0.350. The number of carbonyl (C=O) groups excluding carboxylic acids is 1.